The minimum Gasteiger partial charge on any atom is -0.545 e. The van der Waals surface area contributed by atoms with Crippen LogP contribution in [0.4, 0.5) is 11.4 Å². The first-order valence-electron chi connectivity index (χ1n) is 10.1. The summed E-state index contributed by atoms with van der Waals surface area (Å²) in [5.74, 6) is -4.20. The topological polar surface area (TPSA) is 138 Å². The summed E-state index contributed by atoms with van der Waals surface area (Å²) >= 11 is 0. The predicted molar refractivity (Wildman–Crippen MR) is 121 cm³/mol. The molecule has 0 aliphatic carbocycles. The lowest BCUT2D eigenvalue weighted by Gasteiger charge is -2.15. The maximum atomic E-state index is 12.8. The highest BCUT2D eigenvalue weighted by atomic mass is 16.4. The van der Waals surface area contributed by atoms with Crippen molar-refractivity contribution in [2.45, 2.75) is 0 Å². The van der Waals surface area contributed by atoms with E-state index in [0.717, 1.165) is 0 Å². The van der Waals surface area contributed by atoms with Gasteiger partial charge in [0.05, 0.1) is 11.9 Å². The third kappa shape index (κ3) is 4.33. The van der Waals surface area contributed by atoms with Crippen molar-refractivity contribution in [3.8, 4) is 0 Å². The highest BCUT2D eigenvalue weighted by Crippen LogP contribution is 2.30. The molecule has 0 saturated carbocycles. The van der Waals surface area contributed by atoms with Crippen LogP contribution in [-0.4, -0.2) is 23.8 Å². The van der Waals surface area contributed by atoms with Crippen molar-refractivity contribution in [1.29, 1.82) is 0 Å². The van der Waals surface area contributed by atoms with Gasteiger partial charge in [-0.15, -0.1) is 0 Å². The van der Waals surface area contributed by atoms with Crippen LogP contribution in [-0.2, 0) is 0 Å². The van der Waals surface area contributed by atoms with Gasteiger partial charge in [-0.05, 0) is 24.3 Å². The molecular weight excluding hydrogens is 436 g/mol. The van der Waals surface area contributed by atoms with Crippen LogP contribution in [0, 0.1) is 0 Å². The fraction of sp³-hybridized carbons (Fsp3) is 0. The van der Waals surface area contributed by atoms with E-state index in [4.69, 9.17) is 0 Å². The van der Waals surface area contributed by atoms with Crippen molar-refractivity contribution < 1.29 is 29.4 Å². The van der Waals surface area contributed by atoms with Crippen LogP contribution >= 0.6 is 0 Å². The molecule has 4 aromatic rings. The molecule has 168 valence electrons. The summed E-state index contributed by atoms with van der Waals surface area (Å²) in [7, 11) is 0. The molecule has 0 aliphatic heterocycles. The normalized spacial score (nSPS) is 10.5. The fourth-order valence-electron chi connectivity index (χ4n) is 3.63. The van der Waals surface area contributed by atoms with Crippen molar-refractivity contribution in [2.75, 3.05) is 10.6 Å². The molecule has 0 heterocycles. The summed E-state index contributed by atoms with van der Waals surface area (Å²) in [6.07, 6.45) is 0. The van der Waals surface area contributed by atoms with Gasteiger partial charge in [0.2, 0.25) is 0 Å². The summed E-state index contributed by atoms with van der Waals surface area (Å²) in [6.45, 7) is 0. The molecule has 0 unspecified atom stereocenters. The van der Waals surface area contributed by atoms with Gasteiger partial charge < -0.3 is 30.4 Å². The molecule has 0 fully saturated rings. The van der Waals surface area contributed by atoms with Gasteiger partial charge in [-0.25, -0.2) is 0 Å². The van der Waals surface area contributed by atoms with Crippen molar-refractivity contribution in [1.82, 2.24) is 0 Å². The lowest BCUT2D eigenvalue weighted by atomic mass is 10.0. The third-order valence-corrected chi connectivity index (χ3v) is 5.20. The Hall–Kier alpha value is -4.98. The van der Waals surface area contributed by atoms with Gasteiger partial charge in [-0.3, -0.25) is 9.59 Å². The molecule has 2 N–H and O–H groups in total. The molecular formula is C26H16N2O6-2. The highest BCUT2D eigenvalue weighted by molar-refractivity contribution is 6.16. The van der Waals surface area contributed by atoms with Gasteiger partial charge in [0.15, 0.2) is 0 Å². The van der Waals surface area contributed by atoms with E-state index in [-0.39, 0.29) is 22.3 Å². The molecule has 34 heavy (non-hydrogen) atoms. The zero-order chi connectivity index (χ0) is 24.2. The van der Waals surface area contributed by atoms with Crippen LogP contribution in [0.2, 0.25) is 0 Å². The second-order valence-electron chi connectivity index (χ2n) is 7.28. The number of hydrogen-bond donors (Lipinski definition) is 2. The predicted octanol–water partition coefficient (Wildman–Crippen LogP) is 2.07. The standard InChI is InChI=1S/C26H18N2O6/c29-23(17-7-1-3-9-19(17)25(31)32)27-21-13-5-12-16-15(21)11-6-14-22(16)28-24(30)18-8-2-4-10-20(18)26(33)34/h1-14H,(H,27,29)(H,28,30)(H,31,32)(H,33,34)/p-2. The Bertz CT molecular complexity index is 1350. The van der Waals surface area contributed by atoms with Crippen LogP contribution in [0.3, 0.4) is 0 Å². The minimum atomic E-state index is -1.47. The summed E-state index contributed by atoms with van der Waals surface area (Å²) < 4.78 is 0. The molecule has 4 aromatic carbocycles. The first-order chi connectivity index (χ1) is 16.4. The largest absolute Gasteiger partial charge is 0.545 e. The van der Waals surface area contributed by atoms with Crippen molar-refractivity contribution >= 4 is 45.9 Å². The van der Waals surface area contributed by atoms with E-state index in [9.17, 15) is 29.4 Å². The van der Waals surface area contributed by atoms with E-state index >= 15 is 0 Å². The number of nitrogens with one attached hydrogen (secondary N) is 2. The SMILES string of the molecule is O=C([O-])c1ccccc1C(=O)Nc1cccc2c(NC(=O)c3ccccc3C(=O)[O-])cccc12. The van der Waals surface area contributed by atoms with Crippen LogP contribution in [0.15, 0.2) is 84.9 Å². The van der Waals surface area contributed by atoms with Crippen molar-refractivity contribution in [3.05, 3.63) is 107 Å². The van der Waals surface area contributed by atoms with Crippen molar-refractivity contribution in [3.63, 3.8) is 0 Å². The van der Waals surface area contributed by atoms with E-state index < -0.39 is 23.8 Å². The quantitative estimate of drug-likeness (QED) is 0.459. The monoisotopic (exact) mass is 452 g/mol. The van der Waals surface area contributed by atoms with Crippen molar-refractivity contribution in [2.24, 2.45) is 0 Å². The molecule has 0 spiro atoms. The zero-order valence-electron chi connectivity index (χ0n) is 17.5. The Kier molecular flexibility index (Phi) is 6.05. The summed E-state index contributed by atoms with van der Waals surface area (Å²) in [6, 6.07) is 21.4. The smallest absolute Gasteiger partial charge is 0.256 e. The van der Waals surface area contributed by atoms with Crippen LogP contribution in [0.25, 0.3) is 10.8 Å². The highest BCUT2D eigenvalue weighted by Gasteiger charge is 2.16. The Morgan fingerprint density at radius 3 is 1.18 bits per heavy atom. The molecule has 0 atom stereocenters. The summed E-state index contributed by atoms with van der Waals surface area (Å²) in [5, 5.41) is 29.3. The Labute approximate surface area is 193 Å². The fourth-order valence-corrected chi connectivity index (χ4v) is 3.63. The number of benzene rings is 4. The van der Waals surface area contributed by atoms with Crippen LogP contribution < -0.4 is 20.8 Å². The molecule has 0 aromatic heterocycles. The molecule has 8 heteroatoms. The number of fused-ring (bicyclic) bond motifs is 1. The van der Waals surface area contributed by atoms with Gasteiger partial charge in [0.1, 0.15) is 0 Å². The third-order valence-electron chi connectivity index (χ3n) is 5.20. The first kappa shape index (κ1) is 22.2. The molecule has 0 radical (unpaired) electrons. The van der Waals surface area contributed by atoms with Gasteiger partial charge in [-0.1, -0.05) is 60.7 Å². The molecule has 0 saturated heterocycles. The molecule has 0 bridgehead atoms. The summed E-state index contributed by atoms with van der Waals surface area (Å²) in [5.41, 5.74) is 0.203. The number of carbonyl (C=O) groups excluding carboxylic acids is 4. The molecule has 2 amide bonds. The average Bonchev–Trinajstić information content (AvgIpc) is 2.84. The summed E-state index contributed by atoms with van der Waals surface area (Å²) in [4.78, 5) is 48.3. The number of carboxylic acid groups (broad SMARTS) is 2. The number of amides is 2. The lowest BCUT2D eigenvalue weighted by Crippen LogP contribution is -2.26. The maximum Gasteiger partial charge on any atom is 0.256 e. The number of carboxylic acids is 2. The Balaban J connectivity index is 1.67. The Morgan fingerprint density at radius 1 is 0.471 bits per heavy atom. The minimum absolute atomic E-state index is 0.0529. The number of hydrogen-bond acceptors (Lipinski definition) is 6. The van der Waals surface area contributed by atoms with Gasteiger partial charge in [0, 0.05) is 44.4 Å². The van der Waals surface area contributed by atoms with E-state index in [0.29, 0.717) is 22.1 Å². The van der Waals surface area contributed by atoms with E-state index in [1.54, 1.807) is 48.5 Å². The van der Waals surface area contributed by atoms with E-state index in [1.165, 1.54) is 36.4 Å². The molecule has 0 aliphatic rings. The van der Waals surface area contributed by atoms with E-state index in [1.807, 2.05) is 0 Å². The second-order valence-corrected chi connectivity index (χ2v) is 7.28. The number of rotatable bonds is 6. The van der Waals surface area contributed by atoms with Crippen LogP contribution in [0.1, 0.15) is 41.4 Å². The zero-order valence-corrected chi connectivity index (χ0v) is 17.5. The second kappa shape index (κ2) is 9.25. The number of carbonyl (C=O) groups is 4. The lowest BCUT2D eigenvalue weighted by molar-refractivity contribution is -0.256. The van der Waals surface area contributed by atoms with E-state index in [2.05, 4.69) is 10.6 Å². The van der Waals surface area contributed by atoms with Gasteiger partial charge in [-0.2, -0.15) is 0 Å². The molecule has 4 rings (SSSR count). The van der Waals surface area contributed by atoms with Gasteiger partial charge in [0.25, 0.3) is 11.8 Å². The maximum absolute atomic E-state index is 12.8. The average molecular weight is 452 g/mol. The molecule has 8 nitrogen and oxygen atoms in total. The van der Waals surface area contributed by atoms with Crippen LogP contribution in [0.5, 0.6) is 0 Å². The van der Waals surface area contributed by atoms with Gasteiger partial charge >= 0.3 is 0 Å². The number of anilines is 2. The number of aromatic carboxylic acids is 2. The first-order valence-corrected chi connectivity index (χ1v) is 10.1. The Morgan fingerprint density at radius 2 is 0.824 bits per heavy atom.